The first-order valence-corrected chi connectivity index (χ1v) is 8.30. The van der Waals surface area contributed by atoms with Crippen LogP contribution in [0.2, 0.25) is 0 Å². The number of carbonyl (C=O) groups is 3. The van der Waals surface area contributed by atoms with Crippen LogP contribution < -0.4 is 27.8 Å². The van der Waals surface area contributed by atoms with Crippen LogP contribution in [0.5, 0.6) is 0 Å². The van der Waals surface area contributed by atoms with Gasteiger partial charge in [0, 0.05) is 13.0 Å². The number of carboxylic acid groups (broad SMARTS) is 1. The Hall–Kier alpha value is -3.14. The Morgan fingerprint density at radius 2 is 1.81 bits per heavy atom. The normalized spacial score (nSPS) is 12.5. The zero-order chi connectivity index (χ0) is 20.2. The molecule has 2 unspecified atom stereocenters. The molecule has 1 aromatic carbocycles. The van der Waals surface area contributed by atoms with Crippen molar-refractivity contribution in [2.24, 2.45) is 22.2 Å². The summed E-state index contributed by atoms with van der Waals surface area (Å²) < 4.78 is 0. The molecule has 0 saturated carbocycles. The third-order valence-electron chi connectivity index (χ3n) is 3.46. The lowest BCUT2D eigenvalue weighted by Crippen LogP contribution is -2.52. The van der Waals surface area contributed by atoms with Crippen LogP contribution in [-0.4, -0.2) is 54.0 Å². The molecular weight excluding hydrogens is 352 g/mol. The minimum Gasteiger partial charge on any atom is -0.480 e. The molecule has 0 heterocycles. The standard InChI is InChI=1S/C17H25N6O4/c18-12(7-4-8-21-17(19)20)15(26)23-13(16(27)22-10-14(24)25)9-11-5-2-1-3-6-11/h1-3,5-6,9,12-13H,4,7-8,10,18H2,(H,22,27)(H,23,26)(H,24,25)(H4,19,20,21). The number of nitrogens with one attached hydrogen (secondary N) is 2. The van der Waals surface area contributed by atoms with Crippen LogP contribution in [0.1, 0.15) is 18.4 Å². The maximum Gasteiger partial charge on any atom is 0.322 e. The summed E-state index contributed by atoms with van der Waals surface area (Å²) in [5, 5.41) is 13.5. The molecule has 10 nitrogen and oxygen atoms in total. The fourth-order valence-electron chi connectivity index (χ4n) is 2.12. The van der Waals surface area contributed by atoms with E-state index in [1.807, 2.05) is 6.07 Å². The Bertz CT molecular complexity index is 661. The van der Waals surface area contributed by atoms with E-state index in [1.54, 1.807) is 24.3 Å². The van der Waals surface area contributed by atoms with E-state index >= 15 is 0 Å². The molecule has 0 aliphatic rings. The monoisotopic (exact) mass is 377 g/mol. The molecule has 0 aliphatic heterocycles. The number of hydrogen-bond acceptors (Lipinski definition) is 5. The molecule has 1 radical (unpaired) electrons. The second-order valence-corrected chi connectivity index (χ2v) is 5.73. The smallest absolute Gasteiger partial charge is 0.322 e. The Morgan fingerprint density at radius 3 is 2.41 bits per heavy atom. The van der Waals surface area contributed by atoms with Gasteiger partial charge in [-0.25, -0.2) is 0 Å². The van der Waals surface area contributed by atoms with Crippen molar-refractivity contribution in [3.63, 3.8) is 0 Å². The molecule has 147 valence electrons. The van der Waals surface area contributed by atoms with Gasteiger partial charge in [0.25, 0.3) is 0 Å². The Morgan fingerprint density at radius 1 is 1.15 bits per heavy atom. The number of nitrogens with two attached hydrogens (primary N) is 3. The maximum absolute atomic E-state index is 12.3. The molecule has 0 aliphatic carbocycles. The highest BCUT2D eigenvalue weighted by Crippen LogP contribution is 2.07. The average molecular weight is 377 g/mol. The van der Waals surface area contributed by atoms with Crippen molar-refractivity contribution in [2.75, 3.05) is 13.1 Å². The van der Waals surface area contributed by atoms with Gasteiger partial charge in [0.05, 0.1) is 6.04 Å². The van der Waals surface area contributed by atoms with E-state index in [9.17, 15) is 14.4 Å². The molecule has 2 amide bonds. The number of guanidine groups is 1. The second-order valence-electron chi connectivity index (χ2n) is 5.73. The maximum atomic E-state index is 12.3. The molecule has 0 fully saturated rings. The first-order chi connectivity index (χ1) is 12.8. The molecule has 0 bridgehead atoms. The van der Waals surface area contributed by atoms with Gasteiger partial charge in [0.2, 0.25) is 11.8 Å². The van der Waals surface area contributed by atoms with Crippen LogP contribution >= 0.6 is 0 Å². The number of aliphatic imine (C=N–C) groups is 1. The zero-order valence-electron chi connectivity index (χ0n) is 14.8. The van der Waals surface area contributed by atoms with Crippen LogP contribution in [0.25, 0.3) is 0 Å². The number of nitrogens with zero attached hydrogens (tertiary/aromatic N) is 1. The minimum absolute atomic E-state index is 0.0411. The fourth-order valence-corrected chi connectivity index (χ4v) is 2.12. The first-order valence-electron chi connectivity index (χ1n) is 8.30. The van der Waals surface area contributed by atoms with E-state index in [4.69, 9.17) is 22.3 Å². The number of carbonyl (C=O) groups excluding carboxylic acids is 2. The molecule has 9 N–H and O–H groups in total. The summed E-state index contributed by atoms with van der Waals surface area (Å²) in [7, 11) is 0. The third-order valence-corrected chi connectivity index (χ3v) is 3.46. The molecule has 10 heteroatoms. The number of benzene rings is 1. The summed E-state index contributed by atoms with van der Waals surface area (Å²) in [6.07, 6.45) is 2.32. The Balaban J connectivity index is 2.68. The minimum atomic E-state index is -1.19. The van der Waals surface area contributed by atoms with Gasteiger partial charge in [-0.3, -0.25) is 19.4 Å². The van der Waals surface area contributed by atoms with Crippen LogP contribution in [0.15, 0.2) is 35.3 Å². The molecule has 2 atom stereocenters. The number of amides is 2. The number of rotatable bonds is 11. The van der Waals surface area contributed by atoms with Gasteiger partial charge in [0.15, 0.2) is 5.96 Å². The van der Waals surface area contributed by atoms with Crippen molar-refractivity contribution in [1.82, 2.24) is 10.6 Å². The highest BCUT2D eigenvalue weighted by Gasteiger charge is 2.24. The van der Waals surface area contributed by atoms with E-state index in [2.05, 4.69) is 15.6 Å². The summed E-state index contributed by atoms with van der Waals surface area (Å²) in [6, 6.07) is 6.92. The average Bonchev–Trinajstić information content (AvgIpc) is 2.63. The van der Waals surface area contributed by atoms with Crippen molar-refractivity contribution in [2.45, 2.75) is 24.9 Å². The van der Waals surface area contributed by atoms with Gasteiger partial charge in [-0.05, 0) is 18.4 Å². The van der Waals surface area contributed by atoms with Crippen molar-refractivity contribution in [1.29, 1.82) is 0 Å². The highest BCUT2D eigenvalue weighted by molar-refractivity contribution is 5.92. The summed E-state index contributed by atoms with van der Waals surface area (Å²) in [4.78, 5) is 39.0. The lowest BCUT2D eigenvalue weighted by atomic mass is 10.0. The molecule has 1 aromatic rings. The first kappa shape index (κ1) is 21.9. The Kier molecular flexibility index (Phi) is 9.30. The van der Waals surface area contributed by atoms with E-state index in [0.29, 0.717) is 24.9 Å². The molecule has 0 saturated heterocycles. The van der Waals surface area contributed by atoms with E-state index in [1.165, 1.54) is 6.42 Å². The lowest BCUT2D eigenvalue weighted by Gasteiger charge is -2.20. The van der Waals surface area contributed by atoms with Crippen LogP contribution in [0, 0.1) is 6.42 Å². The van der Waals surface area contributed by atoms with Gasteiger partial charge in [-0.15, -0.1) is 0 Å². The molecular formula is C17H25N6O4. The zero-order valence-corrected chi connectivity index (χ0v) is 14.8. The van der Waals surface area contributed by atoms with Crippen LogP contribution in [0.3, 0.4) is 0 Å². The SMILES string of the molecule is NC(N)=NCCCC(N)C(=O)NC([CH]c1ccccc1)C(=O)NCC(=O)O. The van der Waals surface area contributed by atoms with Crippen molar-refractivity contribution >= 4 is 23.7 Å². The van der Waals surface area contributed by atoms with E-state index < -0.39 is 36.4 Å². The quantitative estimate of drug-likeness (QED) is 0.151. The third kappa shape index (κ3) is 9.21. The van der Waals surface area contributed by atoms with Crippen molar-refractivity contribution < 1.29 is 19.5 Å². The van der Waals surface area contributed by atoms with Gasteiger partial charge >= 0.3 is 5.97 Å². The van der Waals surface area contributed by atoms with Gasteiger partial charge in [0.1, 0.15) is 12.6 Å². The highest BCUT2D eigenvalue weighted by atomic mass is 16.4. The summed E-state index contributed by atoms with van der Waals surface area (Å²) in [5.41, 5.74) is 17.0. The predicted molar refractivity (Wildman–Crippen MR) is 100 cm³/mol. The second kappa shape index (κ2) is 11.5. The predicted octanol–water partition coefficient (Wildman–Crippen LogP) is -1.69. The summed E-state index contributed by atoms with van der Waals surface area (Å²) in [6.45, 7) is -0.222. The largest absolute Gasteiger partial charge is 0.480 e. The van der Waals surface area contributed by atoms with Gasteiger partial charge < -0.3 is 32.9 Å². The molecule has 27 heavy (non-hydrogen) atoms. The summed E-state index contributed by atoms with van der Waals surface area (Å²) in [5.74, 6) is -2.42. The van der Waals surface area contributed by atoms with E-state index in [0.717, 1.165) is 0 Å². The molecule has 0 spiro atoms. The Labute approximate surface area is 157 Å². The van der Waals surface area contributed by atoms with Gasteiger partial charge in [-0.1, -0.05) is 30.3 Å². The molecule has 0 aromatic heterocycles. The van der Waals surface area contributed by atoms with Crippen molar-refractivity contribution in [3.8, 4) is 0 Å². The lowest BCUT2D eigenvalue weighted by molar-refractivity contribution is -0.138. The summed E-state index contributed by atoms with van der Waals surface area (Å²) >= 11 is 0. The molecule has 1 rings (SSSR count). The number of carboxylic acids is 1. The van der Waals surface area contributed by atoms with E-state index in [-0.39, 0.29) is 5.96 Å². The van der Waals surface area contributed by atoms with Crippen molar-refractivity contribution in [3.05, 3.63) is 42.3 Å². The topological polar surface area (TPSA) is 186 Å². The van der Waals surface area contributed by atoms with Crippen LogP contribution in [-0.2, 0) is 14.4 Å². The fraction of sp³-hybridized carbons (Fsp3) is 0.353. The number of hydrogen-bond donors (Lipinski definition) is 6. The van der Waals surface area contributed by atoms with Crippen LogP contribution in [0.4, 0.5) is 0 Å². The van der Waals surface area contributed by atoms with Gasteiger partial charge in [-0.2, -0.15) is 0 Å². The number of aliphatic carboxylic acids is 1.